The summed E-state index contributed by atoms with van der Waals surface area (Å²) in [5.74, 6) is 0. The Morgan fingerprint density at radius 2 is 1.09 bits per heavy atom. The Balaban J connectivity index is 1.42. The highest BCUT2D eigenvalue weighted by atomic mass is 79.9. The third kappa shape index (κ3) is 4.45. The summed E-state index contributed by atoms with van der Waals surface area (Å²) in [4.78, 5) is 2.40. The van der Waals surface area contributed by atoms with E-state index in [2.05, 4.69) is 166 Å². The predicted molar refractivity (Wildman–Crippen MR) is 191 cm³/mol. The van der Waals surface area contributed by atoms with Crippen LogP contribution in [0.1, 0.15) is 50.7 Å². The van der Waals surface area contributed by atoms with Gasteiger partial charge < -0.3 is 9.64 Å². The number of fused-ring (bicyclic) bond motifs is 4. The first kappa shape index (κ1) is 28.1. The molecule has 0 amide bonds. The van der Waals surface area contributed by atoms with Crippen molar-refractivity contribution in [1.82, 2.24) is 0 Å². The van der Waals surface area contributed by atoms with Crippen LogP contribution in [-0.2, 0) is 15.9 Å². The maximum Gasteiger partial charge on any atom is 0.0946 e. The predicted octanol–water partition coefficient (Wildman–Crippen LogP) is 12.7. The van der Waals surface area contributed by atoms with Gasteiger partial charge in [-0.2, -0.15) is 0 Å². The summed E-state index contributed by atoms with van der Waals surface area (Å²) in [6.07, 6.45) is 4.71. The molecule has 0 bridgehead atoms. The fourth-order valence-corrected chi connectivity index (χ4v) is 8.28. The molecule has 0 aromatic heterocycles. The van der Waals surface area contributed by atoms with Crippen molar-refractivity contribution in [2.24, 2.45) is 0 Å². The lowest BCUT2D eigenvalue weighted by Crippen LogP contribution is -2.25. The van der Waals surface area contributed by atoms with E-state index in [4.69, 9.17) is 4.74 Å². The van der Waals surface area contributed by atoms with Gasteiger partial charge in [-0.15, -0.1) is 0 Å². The van der Waals surface area contributed by atoms with Crippen LogP contribution in [0, 0.1) is 0 Å². The lowest BCUT2D eigenvalue weighted by Gasteiger charge is -2.29. The van der Waals surface area contributed by atoms with E-state index in [-0.39, 0.29) is 11.2 Å². The first-order chi connectivity index (χ1) is 21.3. The van der Waals surface area contributed by atoms with Gasteiger partial charge in [0.25, 0.3) is 0 Å². The van der Waals surface area contributed by atoms with Gasteiger partial charge in [0.2, 0.25) is 0 Å². The van der Waals surface area contributed by atoms with E-state index < -0.39 is 0 Å². The summed E-state index contributed by atoms with van der Waals surface area (Å²) in [6.45, 7) is 4.49. The van der Waals surface area contributed by atoms with E-state index >= 15 is 0 Å². The molecule has 0 N–H and O–H groups in total. The van der Waals surface area contributed by atoms with Crippen molar-refractivity contribution in [3.8, 4) is 11.1 Å². The summed E-state index contributed by atoms with van der Waals surface area (Å²) in [7, 11) is 0. The van der Waals surface area contributed by atoms with E-state index in [0.717, 1.165) is 33.2 Å². The number of benzene rings is 6. The summed E-state index contributed by atoms with van der Waals surface area (Å²) in [6, 6.07) is 42.1. The molecule has 2 nitrogen and oxygen atoms in total. The maximum atomic E-state index is 6.89. The van der Waals surface area contributed by atoms with Gasteiger partial charge in [0, 0.05) is 31.1 Å². The van der Waals surface area contributed by atoms with Crippen LogP contribution in [0.3, 0.4) is 0 Å². The van der Waals surface area contributed by atoms with Gasteiger partial charge in [-0.25, -0.2) is 0 Å². The second-order valence-corrected chi connectivity index (χ2v) is 14.5. The average molecular weight is 704 g/mol. The largest absolute Gasteiger partial charge is 0.360 e. The molecule has 1 fully saturated rings. The smallest absolute Gasteiger partial charge is 0.0946 e. The molecule has 4 heteroatoms. The van der Waals surface area contributed by atoms with Gasteiger partial charge in [0.15, 0.2) is 0 Å². The van der Waals surface area contributed by atoms with Crippen LogP contribution in [-0.4, -0.2) is 0 Å². The van der Waals surface area contributed by atoms with Crippen LogP contribution in [0.2, 0.25) is 0 Å². The third-order valence-electron chi connectivity index (χ3n) is 9.61. The van der Waals surface area contributed by atoms with Crippen LogP contribution in [0.5, 0.6) is 0 Å². The van der Waals surface area contributed by atoms with Crippen LogP contribution in [0.25, 0.3) is 32.7 Å². The van der Waals surface area contributed by atoms with Crippen molar-refractivity contribution in [3.63, 3.8) is 0 Å². The molecule has 6 aromatic rings. The highest BCUT2D eigenvalue weighted by molar-refractivity contribution is 9.10. The Kier molecular flexibility index (Phi) is 6.75. The molecule has 1 aliphatic carbocycles. The van der Waals surface area contributed by atoms with Crippen molar-refractivity contribution in [2.75, 3.05) is 4.90 Å². The van der Waals surface area contributed by atoms with E-state index in [1.54, 1.807) is 0 Å². The second-order valence-electron chi connectivity index (χ2n) is 12.7. The van der Waals surface area contributed by atoms with Gasteiger partial charge in [-0.3, -0.25) is 0 Å². The van der Waals surface area contributed by atoms with Gasteiger partial charge in [0.1, 0.15) is 0 Å². The normalized spacial score (nSPS) is 16.5. The van der Waals surface area contributed by atoms with Crippen molar-refractivity contribution >= 4 is 70.5 Å². The minimum absolute atomic E-state index is 0.124. The molecule has 0 unspecified atom stereocenters. The summed E-state index contributed by atoms with van der Waals surface area (Å²) in [5.41, 5.74) is 8.20. The zero-order chi connectivity index (χ0) is 30.1. The minimum Gasteiger partial charge on any atom is -0.360 e. The van der Waals surface area contributed by atoms with Crippen LogP contribution >= 0.6 is 31.9 Å². The SMILES string of the molecule is CC1(C)OC2(CCCC2)c2ccc(-c3c4ccccc4c(N(c4ccc(Br)cc4)c4ccc(Br)cc4)c4ccccc34)cc21. The monoisotopic (exact) mass is 701 g/mol. The molecule has 0 atom stereocenters. The fourth-order valence-electron chi connectivity index (χ4n) is 7.76. The lowest BCUT2D eigenvalue weighted by molar-refractivity contribution is -0.122. The molecule has 1 spiro atoms. The van der Waals surface area contributed by atoms with Crippen molar-refractivity contribution < 1.29 is 4.74 Å². The fraction of sp³-hybridized carbons (Fsp3) is 0.200. The number of nitrogens with zero attached hydrogens (tertiary/aromatic N) is 1. The highest BCUT2D eigenvalue weighted by Gasteiger charge is 2.50. The molecule has 1 heterocycles. The quantitative estimate of drug-likeness (QED) is 0.170. The number of anilines is 3. The van der Waals surface area contributed by atoms with Crippen LogP contribution in [0.4, 0.5) is 17.1 Å². The lowest BCUT2D eigenvalue weighted by atomic mass is 9.83. The number of hydrogen-bond acceptors (Lipinski definition) is 2. The van der Waals surface area contributed by atoms with Crippen LogP contribution in [0.15, 0.2) is 124 Å². The molecule has 0 saturated heterocycles. The number of hydrogen-bond donors (Lipinski definition) is 0. The topological polar surface area (TPSA) is 12.5 Å². The average Bonchev–Trinajstić information content (AvgIpc) is 3.59. The zero-order valence-corrected chi connectivity index (χ0v) is 28.1. The molecular weight excluding hydrogens is 670 g/mol. The Morgan fingerprint density at radius 3 is 1.61 bits per heavy atom. The third-order valence-corrected chi connectivity index (χ3v) is 10.7. The van der Waals surface area contributed by atoms with E-state index in [1.165, 1.54) is 62.3 Å². The Morgan fingerprint density at radius 1 is 0.591 bits per heavy atom. The Bertz CT molecular complexity index is 1940. The molecule has 44 heavy (non-hydrogen) atoms. The molecule has 2 aliphatic rings. The van der Waals surface area contributed by atoms with E-state index in [1.807, 2.05) is 0 Å². The van der Waals surface area contributed by atoms with Crippen molar-refractivity contribution in [3.05, 3.63) is 135 Å². The summed E-state index contributed by atoms with van der Waals surface area (Å²) < 4.78 is 9.01. The standard InChI is InChI=1S/C40H33Br2NO/c1-39(2)36-25-26(13-22-35(36)40(44-39)23-7-8-24-40)37-31-9-3-5-11-33(31)38(34-12-6-4-10-32(34)37)43(29-18-14-27(41)15-19-29)30-20-16-28(42)17-21-30/h3-6,9-22,25H,7-8,23-24H2,1-2H3. The molecule has 1 saturated carbocycles. The molecule has 1 aliphatic heterocycles. The highest BCUT2D eigenvalue weighted by Crippen LogP contribution is 2.56. The molecule has 218 valence electrons. The first-order valence-electron chi connectivity index (χ1n) is 15.4. The Hall–Kier alpha value is -3.44. The first-order valence-corrected chi connectivity index (χ1v) is 17.0. The molecule has 8 rings (SSSR count). The molecular formula is C40H33Br2NO. The van der Waals surface area contributed by atoms with E-state index in [0.29, 0.717) is 0 Å². The van der Waals surface area contributed by atoms with Gasteiger partial charge >= 0.3 is 0 Å². The van der Waals surface area contributed by atoms with E-state index in [9.17, 15) is 0 Å². The summed E-state index contributed by atoms with van der Waals surface area (Å²) >= 11 is 7.29. The molecule has 0 radical (unpaired) electrons. The summed E-state index contributed by atoms with van der Waals surface area (Å²) in [5, 5.41) is 4.92. The molecule has 6 aromatic carbocycles. The second kappa shape index (κ2) is 10.6. The number of ether oxygens (including phenoxy) is 1. The van der Waals surface area contributed by atoms with Gasteiger partial charge in [-0.05, 0) is 114 Å². The van der Waals surface area contributed by atoms with Crippen molar-refractivity contribution in [1.29, 1.82) is 0 Å². The van der Waals surface area contributed by atoms with Crippen molar-refractivity contribution in [2.45, 2.75) is 50.7 Å². The number of halogens is 2. The van der Waals surface area contributed by atoms with Gasteiger partial charge in [-0.1, -0.05) is 105 Å². The number of rotatable bonds is 4. The minimum atomic E-state index is -0.318. The Labute approximate surface area is 275 Å². The van der Waals surface area contributed by atoms with Gasteiger partial charge in [0.05, 0.1) is 16.9 Å². The van der Waals surface area contributed by atoms with Crippen LogP contribution < -0.4 is 4.90 Å². The zero-order valence-electron chi connectivity index (χ0n) is 24.9. The maximum absolute atomic E-state index is 6.89.